The minimum atomic E-state index is 0.578. The summed E-state index contributed by atoms with van der Waals surface area (Å²) in [5.74, 6) is 2.70. The topological polar surface area (TPSA) is 36.3 Å². The summed E-state index contributed by atoms with van der Waals surface area (Å²) in [4.78, 5) is 4.85. The minimum absolute atomic E-state index is 0.578. The zero-order valence-electron chi connectivity index (χ0n) is 15.6. The highest BCUT2D eigenvalue weighted by Gasteiger charge is 2.12. The van der Waals surface area contributed by atoms with Crippen molar-refractivity contribution in [2.45, 2.75) is 13.5 Å². The van der Waals surface area contributed by atoms with Crippen LogP contribution in [-0.2, 0) is 6.54 Å². The number of methoxy groups -OCH3 is 1. The number of rotatable bonds is 6. The van der Waals surface area contributed by atoms with Crippen molar-refractivity contribution in [3.05, 3.63) is 78.4 Å². The van der Waals surface area contributed by atoms with Crippen LogP contribution in [0.25, 0.3) is 22.4 Å². The van der Waals surface area contributed by atoms with E-state index in [1.54, 1.807) is 7.11 Å². The van der Waals surface area contributed by atoms with E-state index in [1.165, 1.54) is 0 Å². The fourth-order valence-electron chi connectivity index (χ4n) is 3.23. The molecule has 3 aromatic carbocycles. The van der Waals surface area contributed by atoms with Gasteiger partial charge in [-0.2, -0.15) is 0 Å². The zero-order chi connectivity index (χ0) is 18.6. The molecule has 1 heterocycles. The SMILES string of the molecule is COc1ccc(-c2nc3ccccc3n2CCOc2ccccc2C)cc1. The Hall–Kier alpha value is -3.27. The third-order valence-electron chi connectivity index (χ3n) is 4.67. The molecule has 0 amide bonds. The van der Waals surface area contributed by atoms with Gasteiger partial charge < -0.3 is 14.0 Å². The molecule has 4 nitrogen and oxygen atoms in total. The molecule has 0 saturated carbocycles. The predicted octanol–water partition coefficient (Wildman–Crippen LogP) is 5.10. The van der Waals surface area contributed by atoms with Crippen LogP contribution < -0.4 is 9.47 Å². The molecule has 0 saturated heterocycles. The molecule has 4 heteroatoms. The van der Waals surface area contributed by atoms with Crippen LogP contribution in [0, 0.1) is 6.92 Å². The van der Waals surface area contributed by atoms with Crippen LogP contribution >= 0.6 is 0 Å². The van der Waals surface area contributed by atoms with Crippen LogP contribution in [0.15, 0.2) is 72.8 Å². The Balaban J connectivity index is 1.64. The van der Waals surface area contributed by atoms with Crippen molar-refractivity contribution in [3.8, 4) is 22.9 Å². The van der Waals surface area contributed by atoms with Gasteiger partial charge in [0, 0.05) is 5.56 Å². The number of benzene rings is 3. The maximum atomic E-state index is 6.02. The van der Waals surface area contributed by atoms with Gasteiger partial charge in [0.2, 0.25) is 0 Å². The van der Waals surface area contributed by atoms with Gasteiger partial charge in [-0.3, -0.25) is 0 Å². The Morgan fingerprint density at radius 2 is 1.63 bits per heavy atom. The van der Waals surface area contributed by atoms with E-state index >= 15 is 0 Å². The molecule has 0 aliphatic rings. The summed E-state index contributed by atoms with van der Waals surface area (Å²) in [6.45, 7) is 3.36. The summed E-state index contributed by atoms with van der Waals surface area (Å²) in [5, 5.41) is 0. The van der Waals surface area contributed by atoms with Crippen molar-refractivity contribution in [2.75, 3.05) is 13.7 Å². The molecule has 0 N–H and O–H groups in total. The van der Waals surface area contributed by atoms with Gasteiger partial charge in [-0.15, -0.1) is 0 Å². The van der Waals surface area contributed by atoms with Crippen molar-refractivity contribution in [1.29, 1.82) is 0 Å². The Labute approximate surface area is 159 Å². The van der Waals surface area contributed by atoms with Gasteiger partial charge in [-0.25, -0.2) is 4.98 Å². The molecule has 0 spiro atoms. The molecule has 4 rings (SSSR count). The zero-order valence-corrected chi connectivity index (χ0v) is 15.6. The number of aryl methyl sites for hydroxylation is 1. The number of hydrogen-bond donors (Lipinski definition) is 0. The summed E-state index contributed by atoms with van der Waals surface area (Å²) in [5.41, 5.74) is 4.29. The van der Waals surface area contributed by atoms with Gasteiger partial charge in [0.15, 0.2) is 0 Å². The lowest BCUT2D eigenvalue weighted by molar-refractivity contribution is 0.299. The molecule has 27 heavy (non-hydrogen) atoms. The van der Waals surface area contributed by atoms with Gasteiger partial charge in [0.05, 0.1) is 24.7 Å². The normalized spacial score (nSPS) is 10.9. The highest BCUT2D eigenvalue weighted by atomic mass is 16.5. The molecular weight excluding hydrogens is 336 g/mol. The fourth-order valence-corrected chi connectivity index (χ4v) is 3.23. The Morgan fingerprint density at radius 1 is 0.889 bits per heavy atom. The lowest BCUT2D eigenvalue weighted by Crippen LogP contribution is -2.10. The first-order valence-corrected chi connectivity index (χ1v) is 9.04. The smallest absolute Gasteiger partial charge is 0.141 e. The second kappa shape index (κ2) is 7.54. The van der Waals surface area contributed by atoms with Crippen LogP contribution in [0.3, 0.4) is 0 Å². The van der Waals surface area contributed by atoms with Crippen molar-refractivity contribution < 1.29 is 9.47 Å². The second-order valence-corrected chi connectivity index (χ2v) is 6.42. The van der Waals surface area contributed by atoms with Crippen LogP contribution in [-0.4, -0.2) is 23.3 Å². The van der Waals surface area contributed by atoms with Gasteiger partial charge in [-0.05, 0) is 55.0 Å². The number of fused-ring (bicyclic) bond motifs is 1. The monoisotopic (exact) mass is 358 g/mol. The summed E-state index contributed by atoms with van der Waals surface area (Å²) < 4.78 is 13.5. The quantitative estimate of drug-likeness (QED) is 0.481. The third kappa shape index (κ3) is 3.51. The maximum Gasteiger partial charge on any atom is 0.141 e. The fraction of sp³-hybridized carbons (Fsp3) is 0.174. The summed E-state index contributed by atoms with van der Waals surface area (Å²) in [6.07, 6.45) is 0. The lowest BCUT2D eigenvalue weighted by Gasteiger charge is -2.12. The molecule has 4 aromatic rings. The molecule has 0 aliphatic carbocycles. The van der Waals surface area contributed by atoms with E-state index in [1.807, 2.05) is 60.7 Å². The molecular formula is C23H22N2O2. The highest BCUT2D eigenvalue weighted by molar-refractivity contribution is 5.80. The highest BCUT2D eigenvalue weighted by Crippen LogP contribution is 2.26. The number of para-hydroxylation sites is 3. The average molecular weight is 358 g/mol. The molecule has 0 aliphatic heterocycles. The largest absolute Gasteiger partial charge is 0.497 e. The van der Waals surface area contributed by atoms with Gasteiger partial charge in [0.1, 0.15) is 23.9 Å². The van der Waals surface area contributed by atoms with Crippen LogP contribution in [0.4, 0.5) is 0 Å². The van der Waals surface area contributed by atoms with Gasteiger partial charge >= 0.3 is 0 Å². The molecule has 136 valence electrons. The van der Waals surface area contributed by atoms with Gasteiger partial charge in [-0.1, -0.05) is 30.3 Å². The van der Waals surface area contributed by atoms with Crippen molar-refractivity contribution in [3.63, 3.8) is 0 Å². The van der Waals surface area contributed by atoms with Crippen LogP contribution in [0.5, 0.6) is 11.5 Å². The van der Waals surface area contributed by atoms with E-state index in [-0.39, 0.29) is 0 Å². The number of ether oxygens (including phenoxy) is 2. The Morgan fingerprint density at radius 3 is 2.41 bits per heavy atom. The van der Waals surface area contributed by atoms with E-state index < -0.39 is 0 Å². The standard InChI is InChI=1S/C23H22N2O2/c1-17-7-3-6-10-22(17)27-16-15-25-21-9-5-4-8-20(21)24-23(25)18-11-13-19(26-2)14-12-18/h3-14H,15-16H2,1-2H3. The molecule has 0 fully saturated rings. The summed E-state index contributed by atoms with van der Waals surface area (Å²) in [7, 11) is 1.67. The lowest BCUT2D eigenvalue weighted by atomic mass is 10.2. The Kier molecular flexibility index (Phi) is 4.79. The molecule has 1 aromatic heterocycles. The first kappa shape index (κ1) is 17.2. The first-order chi connectivity index (χ1) is 13.3. The molecule has 0 radical (unpaired) electrons. The Bertz CT molecular complexity index is 1050. The predicted molar refractivity (Wildman–Crippen MR) is 108 cm³/mol. The average Bonchev–Trinajstić information content (AvgIpc) is 3.08. The third-order valence-corrected chi connectivity index (χ3v) is 4.67. The second-order valence-electron chi connectivity index (χ2n) is 6.42. The maximum absolute atomic E-state index is 6.02. The van der Waals surface area contributed by atoms with Crippen LogP contribution in [0.1, 0.15) is 5.56 Å². The van der Waals surface area contributed by atoms with Gasteiger partial charge in [0.25, 0.3) is 0 Å². The van der Waals surface area contributed by atoms with E-state index in [0.717, 1.165) is 46.0 Å². The van der Waals surface area contributed by atoms with Crippen LogP contribution in [0.2, 0.25) is 0 Å². The number of nitrogens with zero attached hydrogens (tertiary/aromatic N) is 2. The number of imidazole rings is 1. The minimum Gasteiger partial charge on any atom is -0.497 e. The molecule has 0 bridgehead atoms. The van der Waals surface area contributed by atoms with E-state index in [0.29, 0.717) is 6.61 Å². The summed E-state index contributed by atoms with van der Waals surface area (Å²) >= 11 is 0. The van der Waals surface area contributed by atoms with E-state index in [9.17, 15) is 0 Å². The number of aromatic nitrogens is 2. The molecule has 0 atom stereocenters. The number of hydrogen-bond acceptors (Lipinski definition) is 3. The van der Waals surface area contributed by atoms with Crippen molar-refractivity contribution in [1.82, 2.24) is 9.55 Å². The first-order valence-electron chi connectivity index (χ1n) is 9.04. The van der Waals surface area contributed by atoms with Crippen molar-refractivity contribution >= 4 is 11.0 Å². The van der Waals surface area contributed by atoms with E-state index in [4.69, 9.17) is 14.5 Å². The van der Waals surface area contributed by atoms with Crippen molar-refractivity contribution in [2.24, 2.45) is 0 Å². The summed E-state index contributed by atoms with van der Waals surface area (Å²) in [6, 6.07) is 24.3. The molecule has 0 unspecified atom stereocenters. The van der Waals surface area contributed by atoms with E-state index in [2.05, 4.69) is 23.6 Å².